The molecule has 4 atom stereocenters. The maximum atomic E-state index is 13.7. The molecule has 3 heterocycles. The SMILES string of the molecule is COc1ccc(N2C(=O)[C@@H]3[C@@H](C2=O)[C@@H](C(=O)c2cccc([N+](=O)[O-])c2)N2C=CC(C#N)=C[C@H]32)cc1. The second kappa shape index (κ2) is 8.22. The Hall–Kier alpha value is -4.78. The van der Waals surface area contributed by atoms with Gasteiger partial charge >= 0.3 is 0 Å². The van der Waals surface area contributed by atoms with Crippen molar-refractivity contribution in [2.75, 3.05) is 12.0 Å². The average molecular weight is 470 g/mol. The van der Waals surface area contributed by atoms with Gasteiger partial charge in [0.2, 0.25) is 11.8 Å². The van der Waals surface area contributed by atoms with Crippen LogP contribution in [0.4, 0.5) is 11.4 Å². The number of anilines is 1. The zero-order chi connectivity index (χ0) is 24.9. The molecule has 2 aromatic carbocycles. The molecule has 2 fully saturated rings. The number of nitro benzene ring substituents is 1. The highest BCUT2D eigenvalue weighted by Gasteiger charge is 2.63. The van der Waals surface area contributed by atoms with Crippen LogP contribution in [-0.4, -0.2) is 46.6 Å². The first kappa shape index (κ1) is 22.0. The molecule has 2 saturated heterocycles. The van der Waals surface area contributed by atoms with Gasteiger partial charge in [-0.3, -0.25) is 24.5 Å². The Labute approximate surface area is 199 Å². The van der Waals surface area contributed by atoms with Gasteiger partial charge in [0.25, 0.3) is 5.69 Å². The minimum atomic E-state index is -1.07. The van der Waals surface area contributed by atoms with Crippen LogP contribution in [0.5, 0.6) is 5.75 Å². The van der Waals surface area contributed by atoms with Crippen LogP contribution < -0.4 is 9.64 Å². The minimum Gasteiger partial charge on any atom is -0.497 e. The summed E-state index contributed by atoms with van der Waals surface area (Å²) in [4.78, 5) is 54.2. The van der Waals surface area contributed by atoms with Gasteiger partial charge in [-0.1, -0.05) is 12.1 Å². The van der Waals surface area contributed by atoms with Gasteiger partial charge in [0.05, 0.1) is 47.2 Å². The minimum absolute atomic E-state index is 0.0650. The highest BCUT2D eigenvalue weighted by Crippen LogP contribution is 2.47. The third-order valence-corrected chi connectivity index (χ3v) is 6.62. The largest absolute Gasteiger partial charge is 0.497 e. The van der Waals surface area contributed by atoms with E-state index in [0.717, 1.165) is 11.0 Å². The van der Waals surface area contributed by atoms with Crippen molar-refractivity contribution in [1.29, 1.82) is 5.26 Å². The van der Waals surface area contributed by atoms with Gasteiger partial charge in [0.1, 0.15) is 11.8 Å². The molecule has 0 bridgehead atoms. The number of hydrogen-bond acceptors (Lipinski definition) is 8. The summed E-state index contributed by atoms with van der Waals surface area (Å²) >= 11 is 0. The van der Waals surface area contributed by atoms with E-state index in [0.29, 0.717) is 17.0 Å². The van der Waals surface area contributed by atoms with Gasteiger partial charge in [-0.2, -0.15) is 5.26 Å². The normalized spacial score (nSPS) is 24.5. The molecule has 35 heavy (non-hydrogen) atoms. The fraction of sp³-hybridized carbons (Fsp3) is 0.200. The van der Waals surface area contributed by atoms with Crippen molar-refractivity contribution in [1.82, 2.24) is 4.90 Å². The van der Waals surface area contributed by atoms with E-state index in [1.165, 1.54) is 31.4 Å². The summed E-state index contributed by atoms with van der Waals surface area (Å²) in [6, 6.07) is 12.0. The summed E-state index contributed by atoms with van der Waals surface area (Å²) in [7, 11) is 1.50. The van der Waals surface area contributed by atoms with Crippen molar-refractivity contribution in [3.8, 4) is 11.8 Å². The van der Waals surface area contributed by atoms with E-state index in [9.17, 15) is 29.8 Å². The van der Waals surface area contributed by atoms with E-state index < -0.39 is 46.4 Å². The number of nitriles is 1. The van der Waals surface area contributed by atoms with E-state index in [1.54, 1.807) is 41.4 Å². The summed E-state index contributed by atoms with van der Waals surface area (Å²) < 4.78 is 5.15. The lowest BCUT2D eigenvalue weighted by Crippen LogP contribution is -2.46. The number of hydrogen-bond donors (Lipinski definition) is 0. The topological polar surface area (TPSA) is 134 Å². The number of ether oxygens (including phenoxy) is 1. The summed E-state index contributed by atoms with van der Waals surface area (Å²) in [6.07, 6.45) is 4.64. The number of benzene rings is 2. The van der Waals surface area contributed by atoms with Gasteiger partial charge in [0.15, 0.2) is 5.78 Å². The quantitative estimate of drug-likeness (QED) is 0.282. The molecule has 3 aliphatic rings. The lowest BCUT2D eigenvalue weighted by Gasteiger charge is -2.32. The van der Waals surface area contributed by atoms with E-state index >= 15 is 0 Å². The third kappa shape index (κ3) is 3.36. The lowest BCUT2D eigenvalue weighted by atomic mass is 9.86. The number of methoxy groups -OCH3 is 1. The number of allylic oxidation sites excluding steroid dienone is 2. The molecule has 0 saturated carbocycles. The number of nitrogens with zero attached hydrogens (tertiary/aromatic N) is 4. The Morgan fingerprint density at radius 1 is 1.11 bits per heavy atom. The van der Waals surface area contributed by atoms with Gasteiger partial charge in [-0.15, -0.1) is 0 Å². The predicted molar refractivity (Wildman–Crippen MR) is 122 cm³/mol. The van der Waals surface area contributed by atoms with Crippen molar-refractivity contribution in [2.24, 2.45) is 11.8 Å². The fourth-order valence-electron chi connectivity index (χ4n) is 5.05. The molecule has 10 nitrogen and oxygen atoms in total. The van der Waals surface area contributed by atoms with Gasteiger partial charge in [0, 0.05) is 23.9 Å². The number of fused-ring (bicyclic) bond motifs is 3. The number of Topliss-reactive ketones (excluding diaryl/α,β-unsaturated/α-hetero) is 1. The first-order chi connectivity index (χ1) is 16.8. The number of ketones is 1. The van der Waals surface area contributed by atoms with Crippen LogP contribution in [0.15, 0.2) is 72.5 Å². The lowest BCUT2D eigenvalue weighted by molar-refractivity contribution is -0.384. The molecular weight excluding hydrogens is 452 g/mol. The molecule has 0 radical (unpaired) electrons. The monoisotopic (exact) mass is 470 g/mol. The van der Waals surface area contributed by atoms with Gasteiger partial charge in [-0.25, -0.2) is 4.90 Å². The number of carbonyl (C=O) groups is 3. The predicted octanol–water partition coefficient (Wildman–Crippen LogP) is 2.62. The second-order valence-electron chi connectivity index (χ2n) is 8.37. The van der Waals surface area contributed by atoms with Crippen molar-refractivity contribution in [2.45, 2.75) is 12.1 Å². The molecule has 3 aliphatic heterocycles. The van der Waals surface area contributed by atoms with E-state index in [2.05, 4.69) is 0 Å². The van der Waals surface area contributed by atoms with Crippen LogP contribution in [-0.2, 0) is 9.59 Å². The Morgan fingerprint density at radius 3 is 2.49 bits per heavy atom. The van der Waals surface area contributed by atoms with Crippen LogP contribution in [0.1, 0.15) is 10.4 Å². The van der Waals surface area contributed by atoms with Crippen LogP contribution >= 0.6 is 0 Å². The molecule has 0 N–H and O–H groups in total. The van der Waals surface area contributed by atoms with E-state index in [-0.39, 0.29) is 11.3 Å². The first-order valence-corrected chi connectivity index (χ1v) is 10.7. The highest BCUT2D eigenvalue weighted by atomic mass is 16.6. The summed E-state index contributed by atoms with van der Waals surface area (Å²) in [6.45, 7) is 0. The molecule has 0 unspecified atom stereocenters. The van der Waals surface area contributed by atoms with Crippen molar-refractivity contribution < 1.29 is 24.0 Å². The van der Waals surface area contributed by atoms with Gasteiger partial charge in [-0.05, 0) is 36.4 Å². The van der Waals surface area contributed by atoms with Crippen LogP contribution in [0.2, 0.25) is 0 Å². The molecule has 174 valence electrons. The summed E-state index contributed by atoms with van der Waals surface area (Å²) in [5.74, 6) is -2.90. The standard InChI is InChI=1S/C25H18N4O6/c1-35-18-7-5-16(6-8-18)28-24(31)20-19-11-14(13-26)9-10-27(19)22(21(20)25(28)32)23(30)15-3-2-4-17(12-15)29(33)34/h2-12,19-22H,1H3/t19-,20+,21-,22+/m1/s1. The number of nitro groups is 1. The Balaban J connectivity index is 1.59. The summed E-state index contributed by atoms with van der Waals surface area (Å²) in [5, 5.41) is 20.6. The number of imide groups is 1. The molecule has 5 rings (SSSR count). The Kier molecular flexibility index (Phi) is 5.17. The smallest absolute Gasteiger partial charge is 0.270 e. The molecule has 0 aliphatic carbocycles. The maximum absolute atomic E-state index is 13.7. The molecule has 2 aromatic rings. The van der Waals surface area contributed by atoms with E-state index in [4.69, 9.17) is 4.74 Å². The number of non-ortho nitro benzene ring substituents is 1. The zero-order valence-electron chi connectivity index (χ0n) is 18.4. The molecule has 10 heteroatoms. The molecule has 0 aromatic heterocycles. The number of amides is 2. The summed E-state index contributed by atoms with van der Waals surface area (Å²) in [5.41, 5.74) is 0.474. The first-order valence-electron chi connectivity index (χ1n) is 10.7. The van der Waals surface area contributed by atoms with Crippen LogP contribution in [0.3, 0.4) is 0 Å². The van der Waals surface area contributed by atoms with Crippen molar-refractivity contribution in [3.63, 3.8) is 0 Å². The molecule has 2 amide bonds. The van der Waals surface area contributed by atoms with Gasteiger partial charge < -0.3 is 9.64 Å². The maximum Gasteiger partial charge on any atom is 0.270 e. The molecule has 0 spiro atoms. The Bertz CT molecular complexity index is 1370. The third-order valence-electron chi connectivity index (χ3n) is 6.62. The van der Waals surface area contributed by atoms with Crippen molar-refractivity contribution in [3.05, 3.63) is 88.1 Å². The molecular formula is C25H18N4O6. The zero-order valence-corrected chi connectivity index (χ0v) is 18.4. The second-order valence-corrected chi connectivity index (χ2v) is 8.37. The van der Waals surface area contributed by atoms with Crippen LogP contribution in [0.25, 0.3) is 0 Å². The van der Waals surface area contributed by atoms with Crippen LogP contribution in [0, 0.1) is 33.3 Å². The van der Waals surface area contributed by atoms with Crippen molar-refractivity contribution >= 4 is 29.0 Å². The Morgan fingerprint density at radius 2 is 1.83 bits per heavy atom. The number of rotatable bonds is 5. The highest BCUT2D eigenvalue weighted by molar-refractivity contribution is 6.24. The van der Waals surface area contributed by atoms with E-state index in [1.807, 2.05) is 6.07 Å². The average Bonchev–Trinajstić information content (AvgIpc) is 3.35. The fourth-order valence-corrected chi connectivity index (χ4v) is 5.05. The number of carbonyl (C=O) groups excluding carboxylic acids is 3.